The Balaban J connectivity index is 0.000000269. The zero-order valence-corrected chi connectivity index (χ0v) is 19.2. The number of hydrogen-bond acceptors (Lipinski definition) is 1. The van der Waals surface area contributed by atoms with Crippen molar-refractivity contribution < 1.29 is 0 Å². The highest BCUT2D eigenvalue weighted by molar-refractivity contribution is 6.42. The highest BCUT2D eigenvalue weighted by Crippen LogP contribution is 2.39. The molecule has 0 bridgehead atoms. The van der Waals surface area contributed by atoms with E-state index in [1.54, 1.807) is 0 Å². The number of rotatable bonds is 5. The molecule has 0 fully saturated rings. The van der Waals surface area contributed by atoms with Crippen molar-refractivity contribution in [3.63, 3.8) is 0 Å². The van der Waals surface area contributed by atoms with Gasteiger partial charge in [-0.15, -0.1) is 0 Å². The zero-order chi connectivity index (χ0) is 22.1. The van der Waals surface area contributed by atoms with Gasteiger partial charge in [0.2, 0.25) is 0 Å². The van der Waals surface area contributed by atoms with Crippen LogP contribution in [0.25, 0.3) is 0 Å². The number of nitrogens with zero attached hydrogens (tertiary/aromatic N) is 1. The van der Waals surface area contributed by atoms with Gasteiger partial charge in [0.05, 0.1) is 15.9 Å². The van der Waals surface area contributed by atoms with Crippen LogP contribution in [0.5, 0.6) is 0 Å². The quantitative estimate of drug-likeness (QED) is 0.250. The van der Waals surface area contributed by atoms with Crippen molar-refractivity contribution in [2.45, 2.75) is 32.7 Å². The van der Waals surface area contributed by atoms with Crippen LogP contribution >= 0.6 is 23.2 Å². The van der Waals surface area contributed by atoms with Gasteiger partial charge in [-0.25, -0.2) is 0 Å². The van der Waals surface area contributed by atoms with Gasteiger partial charge >= 0.3 is 0 Å². The standard InChI is InChI=1S/C18H20N2.C8H8Cl2/c1-14(2)18(20-15(3)19,16-10-6-4-7-11-16)17-12-8-5-9-13-17;1-2-6-3-4-7(9)8(10)5-6/h4-13H,1H2,2-3H3,(H2,19,20);3-5H,2H2,1H3. The van der Waals surface area contributed by atoms with Gasteiger partial charge < -0.3 is 5.73 Å². The first-order valence-electron chi connectivity index (χ1n) is 9.84. The fourth-order valence-corrected chi connectivity index (χ4v) is 3.59. The first-order chi connectivity index (χ1) is 14.3. The summed E-state index contributed by atoms with van der Waals surface area (Å²) >= 11 is 11.5. The molecule has 0 radical (unpaired) electrons. The Hall–Kier alpha value is -2.55. The van der Waals surface area contributed by atoms with Gasteiger partial charge in [-0.05, 0) is 54.7 Å². The lowest BCUT2D eigenvalue weighted by atomic mass is 9.78. The maximum absolute atomic E-state index is 5.90. The van der Waals surface area contributed by atoms with Crippen molar-refractivity contribution in [3.8, 4) is 0 Å². The molecule has 0 spiro atoms. The molecule has 156 valence electrons. The van der Waals surface area contributed by atoms with E-state index in [-0.39, 0.29) is 0 Å². The summed E-state index contributed by atoms with van der Waals surface area (Å²) in [5.74, 6) is 0.542. The third-order valence-corrected chi connectivity index (χ3v) is 5.48. The maximum atomic E-state index is 5.90. The van der Waals surface area contributed by atoms with Crippen molar-refractivity contribution in [3.05, 3.63) is 118 Å². The van der Waals surface area contributed by atoms with Gasteiger partial charge in [-0.3, -0.25) is 4.99 Å². The summed E-state index contributed by atoms with van der Waals surface area (Å²) in [5.41, 5.74) is 9.58. The molecule has 0 aliphatic rings. The summed E-state index contributed by atoms with van der Waals surface area (Å²) in [6.45, 7) is 10.1. The molecule has 0 heterocycles. The second-order valence-electron chi connectivity index (χ2n) is 7.08. The normalized spacial score (nSPS) is 11.4. The van der Waals surface area contributed by atoms with Crippen LogP contribution in [0.2, 0.25) is 10.0 Å². The third kappa shape index (κ3) is 5.75. The fourth-order valence-electron chi connectivity index (χ4n) is 3.27. The number of nitrogens with two attached hydrogens (primary N) is 1. The molecule has 2 nitrogen and oxygen atoms in total. The zero-order valence-electron chi connectivity index (χ0n) is 17.7. The fraction of sp³-hybridized carbons (Fsp3) is 0.192. The Morgan fingerprint density at radius 3 is 1.73 bits per heavy atom. The van der Waals surface area contributed by atoms with E-state index in [0.717, 1.165) is 23.1 Å². The van der Waals surface area contributed by atoms with Gasteiger partial charge in [0.1, 0.15) is 5.54 Å². The molecule has 30 heavy (non-hydrogen) atoms. The van der Waals surface area contributed by atoms with E-state index in [2.05, 4.69) is 37.8 Å². The molecule has 0 unspecified atom stereocenters. The Morgan fingerprint density at radius 2 is 1.37 bits per heavy atom. The summed E-state index contributed by atoms with van der Waals surface area (Å²) in [6, 6.07) is 26.0. The van der Waals surface area contributed by atoms with E-state index in [1.165, 1.54) is 5.56 Å². The Morgan fingerprint density at radius 1 is 0.867 bits per heavy atom. The highest BCUT2D eigenvalue weighted by atomic mass is 35.5. The topological polar surface area (TPSA) is 38.4 Å². The van der Waals surface area contributed by atoms with E-state index in [4.69, 9.17) is 33.9 Å². The predicted molar refractivity (Wildman–Crippen MR) is 132 cm³/mol. The third-order valence-electron chi connectivity index (χ3n) is 4.74. The summed E-state index contributed by atoms with van der Waals surface area (Å²) in [4.78, 5) is 4.74. The van der Waals surface area contributed by atoms with Crippen LogP contribution in [0.3, 0.4) is 0 Å². The van der Waals surface area contributed by atoms with Crippen LogP contribution < -0.4 is 5.73 Å². The van der Waals surface area contributed by atoms with Crippen molar-refractivity contribution >= 4 is 29.0 Å². The lowest BCUT2D eigenvalue weighted by Crippen LogP contribution is -2.29. The minimum Gasteiger partial charge on any atom is -0.388 e. The van der Waals surface area contributed by atoms with E-state index in [9.17, 15) is 0 Å². The molecular formula is C26H28Cl2N2. The first kappa shape index (κ1) is 23.7. The van der Waals surface area contributed by atoms with Crippen LogP contribution in [0.15, 0.2) is 96.0 Å². The highest BCUT2D eigenvalue weighted by Gasteiger charge is 2.34. The number of halogens is 2. The van der Waals surface area contributed by atoms with Crippen LogP contribution in [0.4, 0.5) is 0 Å². The lowest BCUT2D eigenvalue weighted by Gasteiger charge is -2.32. The molecule has 4 heteroatoms. The summed E-state index contributed by atoms with van der Waals surface area (Å²) < 4.78 is 0. The van der Waals surface area contributed by atoms with E-state index in [1.807, 2.05) is 68.4 Å². The predicted octanol–water partition coefficient (Wildman–Crippen LogP) is 7.44. The molecule has 0 atom stereocenters. The molecule has 0 saturated carbocycles. The van der Waals surface area contributed by atoms with Crippen molar-refractivity contribution in [2.75, 3.05) is 0 Å². The van der Waals surface area contributed by atoms with Crippen molar-refractivity contribution in [1.29, 1.82) is 0 Å². The van der Waals surface area contributed by atoms with Crippen molar-refractivity contribution in [2.24, 2.45) is 10.7 Å². The minimum atomic E-state index is -0.624. The molecule has 0 amide bonds. The van der Waals surface area contributed by atoms with Crippen LogP contribution in [-0.2, 0) is 12.0 Å². The average molecular weight is 439 g/mol. The molecule has 0 aromatic heterocycles. The Kier molecular flexibility index (Phi) is 8.71. The van der Waals surface area contributed by atoms with Gasteiger partial charge in [0.15, 0.2) is 0 Å². The molecule has 3 rings (SSSR count). The van der Waals surface area contributed by atoms with Gasteiger partial charge in [-0.1, -0.05) is 103 Å². The first-order valence-corrected chi connectivity index (χ1v) is 10.6. The second kappa shape index (κ2) is 11.0. The minimum absolute atomic E-state index is 0.542. The van der Waals surface area contributed by atoms with Crippen LogP contribution in [-0.4, -0.2) is 5.84 Å². The van der Waals surface area contributed by atoms with E-state index in [0.29, 0.717) is 15.9 Å². The van der Waals surface area contributed by atoms with E-state index >= 15 is 0 Å². The second-order valence-corrected chi connectivity index (χ2v) is 7.89. The summed E-state index contributed by atoms with van der Waals surface area (Å²) in [7, 11) is 0. The largest absolute Gasteiger partial charge is 0.388 e. The van der Waals surface area contributed by atoms with Gasteiger partial charge in [0.25, 0.3) is 0 Å². The van der Waals surface area contributed by atoms with Crippen LogP contribution in [0, 0.1) is 0 Å². The number of aliphatic imine (C=N–C) groups is 1. The SMILES string of the molecule is C=C(C)C(N=C(C)N)(c1ccccc1)c1ccccc1.CCc1ccc(Cl)c(Cl)c1. The van der Waals surface area contributed by atoms with Gasteiger partial charge in [-0.2, -0.15) is 0 Å². The van der Waals surface area contributed by atoms with E-state index < -0.39 is 5.54 Å². The molecule has 3 aromatic rings. The molecular weight excluding hydrogens is 411 g/mol. The maximum Gasteiger partial charge on any atom is 0.133 e. The molecule has 0 aliphatic heterocycles. The number of amidine groups is 1. The molecule has 0 saturated heterocycles. The summed E-state index contributed by atoms with van der Waals surface area (Å²) in [5, 5.41) is 1.26. The Bertz CT molecular complexity index is 953. The average Bonchev–Trinajstić information content (AvgIpc) is 2.75. The number of aryl methyl sites for hydroxylation is 1. The molecule has 0 aliphatic carbocycles. The lowest BCUT2D eigenvalue weighted by molar-refractivity contribution is 0.640. The van der Waals surface area contributed by atoms with Crippen LogP contribution in [0.1, 0.15) is 37.5 Å². The molecule has 2 N–H and O–H groups in total. The Labute approximate surface area is 190 Å². The van der Waals surface area contributed by atoms with Gasteiger partial charge in [0, 0.05) is 0 Å². The number of benzene rings is 3. The monoisotopic (exact) mass is 438 g/mol. The molecule has 3 aromatic carbocycles. The number of hydrogen-bond donors (Lipinski definition) is 1. The smallest absolute Gasteiger partial charge is 0.133 e. The summed E-state index contributed by atoms with van der Waals surface area (Å²) in [6.07, 6.45) is 0.997. The van der Waals surface area contributed by atoms with Crippen molar-refractivity contribution in [1.82, 2.24) is 0 Å².